The minimum Gasteiger partial charge on any atom is -0.478 e. The van der Waals surface area contributed by atoms with E-state index in [1.165, 1.54) is 0 Å². The smallest absolute Gasteiger partial charge is 0.336 e. The molecule has 0 aliphatic carbocycles. The molecule has 1 N–H and O–H groups in total. The van der Waals surface area contributed by atoms with Gasteiger partial charge >= 0.3 is 5.97 Å². The van der Waals surface area contributed by atoms with Crippen LogP contribution < -0.4 is 0 Å². The Morgan fingerprint density at radius 3 is 2.62 bits per heavy atom. The van der Waals surface area contributed by atoms with Gasteiger partial charge in [0.1, 0.15) is 0 Å². The van der Waals surface area contributed by atoms with E-state index in [0.717, 1.165) is 17.5 Å². The number of aryl methyl sites for hydroxylation is 1. The molecule has 0 heterocycles. The number of nitrogens with zero attached hydrogens (tertiary/aromatic N) is 1. The van der Waals surface area contributed by atoms with E-state index in [1.807, 2.05) is 44.3 Å². The fraction of sp³-hybridized carbons (Fsp3) is 0.308. The van der Waals surface area contributed by atoms with Gasteiger partial charge in [-0.3, -0.25) is 0 Å². The lowest BCUT2D eigenvalue weighted by molar-refractivity contribution is 0.0696. The van der Waals surface area contributed by atoms with Crippen molar-refractivity contribution in [1.82, 2.24) is 4.90 Å². The third kappa shape index (κ3) is 2.86. The highest BCUT2D eigenvalue weighted by Gasteiger charge is 2.10. The van der Waals surface area contributed by atoms with E-state index >= 15 is 0 Å². The Hall–Kier alpha value is -1.77. The van der Waals surface area contributed by atoms with Gasteiger partial charge in [-0.15, -0.1) is 0 Å². The average Bonchev–Trinajstić information content (AvgIpc) is 2.25. The topological polar surface area (TPSA) is 40.5 Å². The molecule has 0 atom stereocenters. The van der Waals surface area contributed by atoms with Crippen molar-refractivity contribution >= 4 is 12.0 Å². The summed E-state index contributed by atoms with van der Waals surface area (Å²) < 4.78 is 0. The summed E-state index contributed by atoms with van der Waals surface area (Å²) in [5, 5.41) is 9.10. The van der Waals surface area contributed by atoms with E-state index in [2.05, 4.69) is 0 Å². The van der Waals surface area contributed by atoms with Crippen LogP contribution in [0.2, 0.25) is 0 Å². The first-order chi connectivity index (χ1) is 7.56. The summed E-state index contributed by atoms with van der Waals surface area (Å²) in [7, 11) is 3.82. The van der Waals surface area contributed by atoms with E-state index in [0.29, 0.717) is 5.56 Å². The fourth-order valence-corrected chi connectivity index (χ4v) is 1.53. The van der Waals surface area contributed by atoms with Crippen LogP contribution in [0.4, 0.5) is 0 Å². The number of hydrogen-bond donors (Lipinski definition) is 1. The van der Waals surface area contributed by atoms with Crippen LogP contribution in [-0.2, 0) is 6.42 Å². The van der Waals surface area contributed by atoms with Gasteiger partial charge in [0.25, 0.3) is 0 Å². The molecule has 0 aliphatic rings. The molecule has 0 amide bonds. The molecule has 1 aromatic rings. The van der Waals surface area contributed by atoms with Gasteiger partial charge in [-0.1, -0.05) is 19.1 Å². The molecule has 0 fully saturated rings. The van der Waals surface area contributed by atoms with Crippen LogP contribution in [-0.4, -0.2) is 30.1 Å². The van der Waals surface area contributed by atoms with Gasteiger partial charge < -0.3 is 10.0 Å². The van der Waals surface area contributed by atoms with Gasteiger partial charge in [-0.05, 0) is 35.9 Å². The van der Waals surface area contributed by atoms with Gasteiger partial charge in [0.05, 0.1) is 5.56 Å². The van der Waals surface area contributed by atoms with E-state index < -0.39 is 5.97 Å². The second kappa shape index (κ2) is 5.35. The molecule has 0 bridgehead atoms. The van der Waals surface area contributed by atoms with Gasteiger partial charge in [0.2, 0.25) is 0 Å². The molecule has 0 aromatic heterocycles. The van der Waals surface area contributed by atoms with Gasteiger partial charge in [-0.25, -0.2) is 4.79 Å². The van der Waals surface area contributed by atoms with Crippen LogP contribution in [0, 0.1) is 0 Å². The molecule has 0 saturated heterocycles. The van der Waals surface area contributed by atoms with Gasteiger partial charge in [-0.2, -0.15) is 0 Å². The minimum atomic E-state index is -0.881. The summed E-state index contributed by atoms with van der Waals surface area (Å²) in [4.78, 5) is 13.0. The third-order valence-corrected chi connectivity index (χ3v) is 2.35. The highest BCUT2D eigenvalue weighted by atomic mass is 16.4. The van der Waals surface area contributed by atoms with Crippen molar-refractivity contribution in [3.05, 3.63) is 41.1 Å². The Balaban J connectivity index is 3.25. The Morgan fingerprint density at radius 1 is 1.44 bits per heavy atom. The zero-order valence-corrected chi connectivity index (χ0v) is 9.90. The van der Waals surface area contributed by atoms with Crippen molar-refractivity contribution < 1.29 is 9.90 Å². The maximum Gasteiger partial charge on any atom is 0.336 e. The summed E-state index contributed by atoms with van der Waals surface area (Å²) in [6.45, 7) is 2.02. The van der Waals surface area contributed by atoms with Crippen LogP contribution >= 0.6 is 0 Å². The van der Waals surface area contributed by atoms with Crippen molar-refractivity contribution in [2.45, 2.75) is 13.3 Å². The lowest BCUT2D eigenvalue weighted by atomic mass is 9.99. The second-order valence-electron chi connectivity index (χ2n) is 3.82. The number of carboxylic acid groups (broad SMARTS) is 1. The predicted molar refractivity (Wildman–Crippen MR) is 65.5 cm³/mol. The van der Waals surface area contributed by atoms with E-state index in [9.17, 15) is 4.79 Å². The number of rotatable bonds is 4. The molecule has 0 unspecified atom stereocenters. The molecule has 3 nitrogen and oxygen atoms in total. The maximum atomic E-state index is 11.1. The molecule has 1 aromatic carbocycles. The molecular formula is C13H17NO2. The number of aromatic carboxylic acids is 1. The molecule has 16 heavy (non-hydrogen) atoms. The molecular weight excluding hydrogens is 202 g/mol. The molecule has 0 radical (unpaired) electrons. The van der Waals surface area contributed by atoms with Crippen molar-refractivity contribution in [2.24, 2.45) is 0 Å². The van der Waals surface area contributed by atoms with Crippen LogP contribution in [0.25, 0.3) is 6.08 Å². The van der Waals surface area contributed by atoms with E-state index in [1.54, 1.807) is 12.1 Å². The zero-order chi connectivity index (χ0) is 12.1. The summed E-state index contributed by atoms with van der Waals surface area (Å²) in [6, 6.07) is 5.38. The summed E-state index contributed by atoms with van der Waals surface area (Å²) in [5.41, 5.74) is 2.21. The summed E-state index contributed by atoms with van der Waals surface area (Å²) >= 11 is 0. The normalized spacial score (nSPS) is 10.7. The highest BCUT2D eigenvalue weighted by Crippen LogP contribution is 2.17. The Kier molecular flexibility index (Phi) is 4.11. The van der Waals surface area contributed by atoms with Crippen LogP contribution in [0.3, 0.4) is 0 Å². The number of carbonyl (C=O) groups is 1. The van der Waals surface area contributed by atoms with Crippen LogP contribution in [0.15, 0.2) is 24.4 Å². The van der Waals surface area contributed by atoms with E-state index in [-0.39, 0.29) is 0 Å². The number of hydrogen-bond acceptors (Lipinski definition) is 2. The lowest BCUT2D eigenvalue weighted by Crippen LogP contribution is -2.04. The quantitative estimate of drug-likeness (QED) is 0.845. The lowest BCUT2D eigenvalue weighted by Gasteiger charge is -2.09. The third-order valence-electron chi connectivity index (χ3n) is 2.35. The van der Waals surface area contributed by atoms with Crippen molar-refractivity contribution in [3.8, 4) is 0 Å². The minimum absolute atomic E-state index is 0.359. The van der Waals surface area contributed by atoms with Gasteiger partial charge in [0, 0.05) is 14.1 Å². The second-order valence-corrected chi connectivity index (χ2v) is 3.82. The van der Waals surface area contributed by atoms with Crippen LogP contribution in [0.5, 0.6) is 0 Å². The van der Waals surface area contributed by atoms with Crippen LogP contribution in [0.1, 0.15) is 28.4 Å². The first kappa shape index (κ1) is 12.3. The first-order valence-electron chi connectivity index (χ1n) is 5.26. The maximum absolute atomic E-state index is 11.1. The molecule has 0 aliphatic heterocycles. The largest absolute Gasteiger partial charge is 0.478 e. The van der Waals surface area contributed by atoms with Crippen molar-refractivity contribution in [3.63, 3.8) is 0 Å². The van der Waals surface area contributed by atoms with E-state index in [4.69, 9.17) is 5.11 Å². The Morgan fingerprint density at radius 2 is 2.12 bits per heavy atom. The molecule has 3 heteroatoms. The molecule has 1 rings (SSSR count). The SMILES string of the molecule is CCc1cccc(C(=O)O)c1C=CN(C)C. The first-order valence-corrected chi connectivity index (χ1v) is 5.26. The predicted octanol–water partition coefficient (Wildman–Crippen LogP) is 2.48. The van der Waals surface area contributed by atoms with Gasteiger partial charge in [0.15, 0.2) is 0 Å². The molecule has 0 spiro atoms. The number of benzene rings is 1. The Bertz CT molecular complexity index is 408. The Labute approximate surface area is 96.0 Å². The molecule has 0 saturated carbocycles. The highest BCUT2D eigenvalue weighted by molar-refractivity contribution is 5.92. The summed E-state index contributed by atoms with van der Waals surface area (Å²) in [5.74, 6) is -0.881. The average molecular weight is 219 g/mol. The zero-order valence-electron chi connectivity index (χ0n) is 9.90. The monoisotopic (exact) mass is 219 g/mol. The summed E-state index contributed by atoms with van der Waals surface area (Å²) in [6.07, 6.45) is 4.54. The standard InChI is InChI=1S/C13H17NO2/c1-4-10-6-5-7-12(13(15)16)11(10)8-9-14(2)3/h5-9H,4H2,1-3H3,(H,15,16). The molecule has 86 valence electrons. The number of carboxylic acids is 1. The van der Waals surface area contributed by atoms with Crippen molar-refractivity contribution in [1.29, 1.82) is 0 Å². The van der Waals surface area contributed by atoms with Crippen molar-refractivity contribution in [2.75, 3.05) is 14.1 Å². The fourth-order valence-electron chi connectivity index (χ4n) is 1.53.